The van der Waals surface area contributed by atoms with E-state index in [9.17, 15) is 14.3 Å². The van der Waals surface area contributed by atoms with Crippen LogP contribution >= 0.6 is 0 Å². The number of benzene rings is 2. The molecule has 0 spiro atoms. The van der Waals surface area contributed by atoms with E-state index in [2.05, 4.69) is 10.3 Å². The first kappa shape index (κ1) is 17.4. The molecule has 1 aromatic heterocycles. The second-order valence-electron chi connectivity index (χ2n) is 6.52. The Hall–Kier alpha value is -3.06. The number of carbonyl (C=O) groups is 1. The number of carbonyl (C=O) groups excluding carboxylic acids is 1. The van der Waals surface area contributed by atoms with Crippen LogP contribution in [0.15, 0.2) is 36.4 Å². The Balaban J connectivity index is 1.91. The van der Waals surface area contributed by atoms with Crippen LogP contribution in [0.3, 0.4) is 0 Å². The summed E-state index contributed by atoms with van der Waals surface area (Å²) in [6, 6.07) is 8.88. The maximum absolute atomic E-state index is 14.1. The molecule has 0 saturated carbocycles. The van der Waals surface area contributed by atoms with E-state index in [1.807, 2.05) is 6.07 Å². The number of rotatable bonds is 3. The average Bonchev–Trinajstić information content (AvgIpc) is 3.02. The van der Waals surface area contributed by atoms with Crippen LogP contribution in [0.2, 0.25) is 0 Å². The molecule has 27 heavy (non-hydrogen) atoms. The van der Waals surface area contributed by atoms with E-state index >= 15 is 0 Å². The standard InChI is InChI=1S/C20H19FN2O4/c1-26-17-8-12-13-7-16(20(25)27-2)23-18(10-4-3-5-11(24)6-10)19(13)22-15(12)9-14(17)21/h3-6,8-9,16,18,22-24H,7H2,1-2H3. The molecular formula is C20H19FN2O4. The molecule has 1 aliphatic heterocycles. The minimum Gasteiger partial charge on any atom is -0.508 e. The molecule has 7 heteroatoms. The zero-order chi connectivity index (χ0) is 19.1. The van der Waals surface area contributed by atoms with Gasteiger partial charge in [0.1, 0.15) is 11.8 Å². The van der Waals surface area contributed by atoms with Crippen molar-refractivity contribution < 1.29 is 23.8 Å². The maximum Gasteiger partial charge on any atom is 0.323 e. The molecule has 6 nitrogen and oxygen atoms in total. The van der Waals surface area contributed by atoms with Gasteiger partial charge in [-0.15, -0.1) is 0 Å². The Morgan fingerprint density at radius 2 is 2.07 bits per heavy atom. The van der Waals surface area contributed by atoms with Crippen molar-refractivity contribution in [2.75, 3.05) is 14.2 Å². The van der Waals surface area contributed by atoms with Gasteiger partial charge in [-0.25, -0.2) is 4.39 Å². The molecule has 0 radical (unpaired) electrons. The average molecular weight is 370 g/mol. The number of ether oxygens (including phenoxy) is 2. The second-order valence-corrected chi connectivity index (χ2v) is 6.52. The van der Waals surface area contributed by atoms with Crippen molar-refractivity contribution in [3.63, 3.8) is 0 Å². The van der Waals surface area contributed by atoms with Gasteiger partial charge in [-0.3, -0.25) is 10.1 Å². The van der Waals surface area contributed by atoms with E-state index in [0.717, 1.165) is 22.2 Å². The van der Waals surface area contributed by atoms with Crippen molar-refractivity contribution in [1.29, 1.82) is 0 Å². The second kappa shape index (κ2) is 6.59. The van der Waals surface area contributed by atoms with Crippen LogP contribution in [0.25, 0.3) is 10.9 Å². The first-order valence-electron chi connectivity index (χ1n) is 8.52. The highest BCUT2D eigenvalue weighted by molar-refractivity contribution is 5.88. The summed E-state index contributed by atoms with van der Waals surface area (Å²) in [5.74, 6) is -0.574. The Bertz CT molecular complexity index is 1030. The molecular weight excluding hydrogens is 351 g/mol. The lowest BCUT2D eigenvalue weighted by atomic mass is 9.90. The summed E-state index contributed by atoms with van der Waals surface area (Å²) in [5.41, 5.74) is 3.12. The van der Waals surface area contributed by atoms with Crippen molar-refractivity contribution in [3.8, 4) is 11.5 Å². The van der Waals surface area contributed by atoms with Gasteiger partial charge < -0.3 is 19.6 Å². The molecule has 140 valence electrons. The molecule has 0 saturated heterocycles. The molecule has 0 bridgehead atoms. The minimum absolute atomic E-state index is 0.125. The number of H-pyrrole nitrogens is 1. The maximum atomic E-state index is 14.1. The smallest absolute Gasteiger partial charge is 0.323 e. The van der Waals surface area contributed by atoms with Crippen molar-refractivity contribution in [3.05, 3.63) is 59.0 Å². The third kappa shape index (κ3) is 2.90. The summed E-state index contributed by atoms with van der Waals surface area (Å²) >= 11 is 0. The van der Waals surface area contributed by atoms with Crippen LogP contribution in [0, 0.1) is 5.82 Å². The number of phenolic OH excluding ortho intramolecular Hbond substituents is 1. The van der Waals surface area contributed by atoms with Crippen molar-refractivity contribution in [2.24, 2.45) is 0 Å². The highest BCUT2D eigenvalue weighted by Gasteiger charge is 2.35. The summed E-state index contributed by atoms with van der Waals surface area (Å²) < 4.78 is 24.2. The molecule has 2 unspecified atom stereocenters. The highest BCUT2D eigenvalue weighted by atomic mass is 19.1. The summed E-state index contributed by atoms with van der Waals surface area (Å²) in [5, 5.41) is 13.9. The number of phenols is 1. The predicted octanol–water partition coefficient (Wildman–Crippen LogP) is 2.80. The Morgan fingerprint density at radius 3 is 2.78 bits per heavy atom. The van der Waals surface area contributed by atoms with E-state index in [4.69, 9.17) is 9.47 Å². The Labute approximate surface area is 154 Å². The van der Waals surface area contributed by atoms with Gasteiger partial charge in [0.05, 0.1) is 20.3 Å². The lowest BCUT2D eigenvalue weighted by Crippen LogP contribution is -2.45. The van der Waals surface area contributed by atoms with Gasteiger partial charge in [-0.1, -0.05) is 12.1 Å². The van der Waals surface area contributed by atoms with Gasteiger partial charge >= 0.3 is 5.97 Å². The lowest BCUT2D eigenvalue weighted by molar-refractivity contribution is -0.143. The monoisotopic (exact) mass is 370 g/mol. The summed E-state index contributed by atoms with van der Waals surface area (Å²) in [6.07, 6.45) is 0.395. The number of fused-ring (bicyclic) bond motifs is 3. The van der Waals surface area contributed by atoms with Crippen LogP contribution in [-0.4, -0.2) is 36.3 Å². The summed E-state index contributed by atoms with van der Waals surface area (Å²) in [7, 11) is 2.76. The normalized spacial score (nSPS) is 18.9. The van der Waals surface area contributed by atoms with Gasteiger partial charge in [0, 0.05) is 29.1 Å². The summed E-state index contributed by atoms with van der Waals surface area (Å²) in [6.45, 7) is 0. The molecule has 1 aliphatic rings. The van der Waals surface area contributed by atoms with Crippen LogP contribution < -0.4 is 10.1 Å². The number of methoxy groups -OCH3 is 2. The molecule has 0 amide bonds. The van der Waals surface area contributed by atoms with Crippen molar-refractivity contribution in [1.82, 2.24) is 10.3 Å². The zero-order valence-corrected chi connectivity index (χ0v) is 14.9. The quantitative estimate of drug-likeness (QED) is 0.618. The molecule has 4 rings (SSSR count). The molecule has 2 heterocycles. The first-order chi connectivity index (χ1) is 13.0. The van der Waals surface area contributed by atoms with Gasteiger partial charge in [0.2, 0.25) is 0 Å². The van der Waals surface area contributed by atoms with Crippen LogP contribution in [0.4, 0.5) is 4.39 Å². The predicted molar refractivity (Wildman–Crippen MR) is 97.4 cm³/mol. The van der Waals surface area contributed by atoms with Gasteiger partial charge in [-0.2, -0.15) is 0 Å². The number of aromatic amines is 1. The number of hydrogen-bond acceptors (Lipinski definition) is 5. The number of halogens is 1. The summed E-state index contributed by atoms with van der Waals surface area (Å²) in [4.78, 5) is 15.5. The topological polar surface area (TPSA) is 83.6 Å². The van der Waals surface area contributed by atoms with E-state index < -0.39 is 11.9 Å². The number of esters is 1. The molecule has 0 aliphatic carbocycles. The zero-order valence-electron chi connectivity index (χ0n) is 14.9. The first-order valence-corrected chi connectivity index (χ1v) is 8.52. The molecule has 3 aromatic rings. The van der Waals surface area contributed by atoms with E-state index in [0.29, 0.717) is 11.9 Å². The fourth-order valence-corrected chi connectivity index (χ4v) is 3.70. The fraction of sp³-hybridized carbons (Fsp3) is 0.250. The van der Waals surface area contributed by atoms with E-state index in [1.54, 1.807) is 24.3 Å². The number of hydrogen-bond donors (Lipinski definition) is 3. The van der Waals surface area contributed by atoms with Crippen LogP contribution in [-0.2, 0) is 16.0 Å². The Morgan fingerprint density at radius 1 is 1.26 bits per heavy atom. The van der Waals surface area contributed by atoms with E-state index in [-0.39, 0.29) is 23.5 Å². The van der Waals surface area contributed by atoms with E-state index in [1.165, 1.54) is 20.3 Å². The third-order valence-electron chi connectivity index (χ3n) is 4.97. The fourth-order valence-electron chi connectivity index (χ4n) is 3.70. The molecule has 0 fully saturated rings. The molecule has 2 aromatic carbocycles. The van der Waals surface area contributed by atoms with Crippen molar-refractivity contribution in [2.45, 2.75) is 18.5 Å². The number of aromatic hydroxyl groups is 1. The lowest BCUT2D eigenvalue weighted by Gasteiger charge is -2.30. The molecule has 2 atom stereocenters. The number of aromatic nitrogens is 1. The number of nitrogens with one attached hydrogen (secondary N) is 2. The van der Waals surface area contributed by atoms with Crippen molar-refractivity contribution >= 4 is 16.9 Å². The van der Waals surface area contributed by atoms with Gasteiger partial charge in [0.15, 0.2) is 11.6 Å². The molecule has 3 N–H and O–H groups in total. The van der Waals surface area contributed by atoms with Gasteiger partial charge in [-0.05, 0) is 29.3 Å². The van der Waals surface area contributed by atoms with Crippen LogP contribution in [0.5, 0.6) is 11.5 Å². The SMILES string of the molecule is COC(=O)C1Cc2c([nH]c3cc(F)c(OC)cc23)C(c2cccc(O)c2)N1. The van der Waals surface area contributed by atoms with Gasteiger partial charge in [0.25, 0.3) is 0 Å². The van der Waals surface area contributed by atoms with Crippen LogP contribution in [0.1, 0.15) is 22.9 Å². The third-order valence-corrected chi connectivity index (χ3v) is 4.97. The Kier molecular flexibility index (Phi) is 4.24. The highest BCUT2D eigenvalue weighted by Crippen LogP contribution is 2.38. The largest absolute Gasteiger partial charge is 0.508 e. The minimum atomic E-state index is -0.565.